The van der Waals surface area contributed by atoms with Crippen molar-refractivity contribution in [2.24, 2.45) is 11.7 Å². The standard InChI is InChI=1S/C14H14F2N2O3/c1-7(6-10(15)16)11(12(17)19)18-13(20)8-4-2-3-5-9(8)14(18)21/h2-5,7,10-11H,6H2,1H3,(H2,17,19)/t7-,11-/m0/s1. The van der Waals surface area contributed by atoms with Crippen molar-refractivity contribution in [3.05, 3.63) is 35.4 Å². The minimum Gasteiger partial charge on any atom is -0.368 e. The highest BCUT2D eigenvalue weighted by molar-refractivity contribution is 6.22. The molecular weight excluding hydrogens is 282 g/mol. The molecule has 2 N–H and O–H groups in total. The molecule has 112 valence electrons. The van der Waals surface area contributed by atoms with E-state index in [-0.39, 0.29) is 11.1 Å². The molecule has 0 saturated carbocycles. The molecule has 0 fully saturated rings. The van der Waals surface area contributed by atoms with Gasteiger partial charge in [-0.2, -0.15) is 0 Å². The molecule has 2 atom stereocenters. The van der Waals surface area contributed by atoms with Crippen molar-refractivity contribution in [3.63, 3.8) is 0 Å². The molecule has 1 aromatic carbocycles. The number of primary amides is 1. The molecule has 3 amide bonds. The summed E-state index contributed by atoms with van der Waals surface area (Å²) < 4.78 is 25.0. The van der Waals surface area contributed by atoms with Gasteiger partial charge in [0.05, 0.1) is 11.1 Å². The molecule has 0 radical (unpaired) electrons. The molecule has 1 aromatic rings. The Morgan fingerprint density at radius 2 is 1.67 bits per heavy atom. The van der Waals surface area contributed by atoms with Gasteiger partial charge >= 0.3 is 0 Å². The third kappa shape index (κ3) is 2.63. The molecule has 0 spiro atoms. The summed E-state index contributed by atoms with van der Waals surface area (Å²) in [5, 5.41) is 0. The number of nitrogens with two attached hydrogens (primary N) is 1. The first-order valence-electron chi connectivity index (χ1n) is 6.39. The normalized spacial score (nSPS) is 17.0. The third-order valence-electron chi connectivity index (χ3n) is 3.48. The van der Waals surface area contributed by atoms with Gasteiger partial charge in [0.15, 0.2) is 0 Å². The smallest absolute Gasteiger partial charge is 0.262 e. The number of carbonyl (C=O) groups is 3. The van der Waals surface area contributed by atoms with Crippen LogP contribution in [0.4, 0.5) is 8.78 Å². The van der Waals surface area contributed by atoms with Gasteiger partial charge in [-0.25, -0.2) is 8.78 Å². The number of alkyl halides is 2. The monoisotopic (exact) mass is 296 g/mol. The summed E-state index contributed by atoms with van der Waals surface area (Å²) in [7, 11) is 0. The Labute approximate surface area is 119 Å². The van der Waals surface area contributed by atoms with Gasteiger partial charge in [0.25, 0.3) is 11.8 Å². The van der Waals surface area contributed by atoms with Gasteiger partial charge in [0.2, 0.25) is 12.3 Å². The van der Waals surface area contributed by atoms with E-state index in [4.69, 9.17) is 5.73 Å². The van der Waals surface area contributed by atoms with E-state index in [0.717, 1.165) is 0 Å². The second-order valence-electron chi connectivity index (χ2n) is 4.98. The van der Waals surface area contributed by atoms with Gasteiger partial charge in [-0.05, 0) is 18.1 Å². The van der Waals surface area contributed by atoms with Crippen molar-refractivity contribution in [3.8, 4) is 0 Å². The Balaban J connectivity index is 2.37. The molecule has 1 aliphatic rings. The van der Waals surface area contributed by atoms with Crippen molar-refractivity contribution in [1.82, 2.24) is 4.90 Å². The zero-order chi connectivity index (χ0) is 15.7. The minimum absolute atomic E-state index is 0.151. The minimum atomic E-state index is -2.66. The van der Waals surface area contributed by atoms with E-state index in [1.165, 1.54) is 19.1 Å². The molecule has 0 aromatic heterocycles. The van der Waals surface area contributed by atoms with Crippen LogP contribution in [0.1, 0.15) is 34.1 Å². The first kappa shape index (κ1) is 15.1. The number of amides is 3. The predicted octanol–water partition coefficient (Wildman–Crippen LogP) is 1.43. The quantitative estimate of drug-likeness (QED) is 0.835. The van der Waals surface area contributed by atoms with E-state index >= 15 is 0 Å². The summed E-state index contributed by atoms with van der Waals surface area (Å²) in [5.41, 5.74) is 5.52. The maximum atomic E-state index is 12.5. The summed E-state index contributed by atoms with van der Waals surface area (Å²) in [4.78, 5) is 36.8. The average Bonchev–Trinajstić information content (AvgIpc) is 2.64. The van der Waals surface area contributed by atoms with Crippen LogP contribution >= 0.6 is 0 Å². The lowest BCUT2D eigenvalue weighted by atomic mass is 9.96. The molecule has 5 nitrogen and oxygen atoms in total. The molecule has 7 heteroatoms. The van der Waals surface area contributed by atoms with Gasteiger partial charge in [-0.3, -0.25) is 19.3 Å². The van der Waals surface area contributed by atoms with Gasteiger partial charge in [-0.15, -0.1) is 0 Å². The van der Waals surface area contributed by atoms with Crippen LogP contribution in [0, 0.1) is 5.92 Å². The fourth-order valence-corrected chi connectivity index (χ4v) is 2.53. The topological polar surface area (TPSA) is 80.5 Å². The van der Waals surface area contributed by atoms with Crippen molar-refractivity contribution in [2.75, 3.05) is 0 Å². The Morgan fingerprint density at radius 3 is 2.05 bits per heavy atom. The summed E-state index contributed by atoms with van der Waals surface area (Å²) in [6.07, 6.45) is -3.28. The maximum Gasteiger partial charge on any atom is 0.262 e. The van der Waals surface area contributed by atoms with Crippen molar-refractivity contribution in [1.29, 1.82) is 0 Å². The van der Waals surface area contributed by atoms with E-state index in [2.05, 4.69) is 0 Å². The fraction of sp³-hybridized carbons (Fsp3) is 0.357. The average molecular weight is 296 g/mol. The first-order chi connectivity index (χ1) is 9.84. The highest BCUT2D eigenvalue weighted by Crippen LogP contribution is 2.28. The van der Waals surface area contributed by atoms with Gasteiger partial charge in [-0.1, -0.05) is 19.1 Å². The Morgan fingerprint density at radius 1 is 1.19 bits per heavy atom. The van der Waals surface area contributed by atoms with Crippen molar-refractivity contribution >= 4 is 17.7 Å². The number of hydrogen-bond donors (Lipinski definition) is 1. The lowest BCUT2D eigenvalue weighted by molar-refractivity contribution is -0.123. The maximum absolute atomic E-state index is 12.5. The number of halogens is 2. The lowest BCUT2D eigenvalue weighted by Crippen LogP contribution is -2.51. The molecule has 0 saturated heterocycles. The molecule has 2 rings (SSSR count). The van der Waals surface area contributed by atoms with Crippen molar-refractivity contribution < 1.29 is 23.2 Å². The van der Waals surface area contributed by atoms with Crippen LogP contribution in [0.5, 0.6) is 0 Å². The second-order valence-corrected chi connectivity index (χ2v) is 4.98. The Kier molecular flexibility index (Phi) is 4.02. The van der Waals surface area contributed by atoms with E-state index in [9.17, 15) is 23.2 Å². The SMILES string of the molecule is C[C@@H](CC(F)F)[C@@H](C(N)=O)N1C(=O)c2ccccc2C1=O. The number of benzene rings is 1. The molecule has 0 aliphatic carbocycles. The van der Waals surface area contributed by atoms with E-state index in [1.54, 1.807) is 12.1 Å². The second kappa shape index (κ2) is 5.59. The molecule has 0 unspecified atom stereocenters. The summed E-state index contributed by atoms with van der Waals surface area (Å²) >= 11 is 0. The number of nitrogens with zero attached hydrogens (tertiary/aromatic N) is 1. The van der Waals surface area contributed by atoms with Crippen LogP contribution in [-0.4, -0.2) is 35.1 Å². The number of hydrogen-bond acceptors (Lipinski definition) is 3. The van der Waals surface area contributed by atoms with Gasteiger partial charge < -0.3 is 5.73 Å². The molecule has 1 heterocycles. The van der Waals surface area contributed by atoms with Crippen LogP contribution in [0.25, 0.3) is 0 Å². The molecule has 21 heavy (non-hydrogen) atoms. The van der Waals surface area contributed by atoms with Crippen LogP contribution < -0.4 is 5.73 Å². The zero-order valence-electron chi connectivity index (χ0n) is 11.3. The van der Waals surface area contributed by atoms with Crippen LogP contribution in [0.15, 0.2) is 24.3 Å². The number of fused-ring (bicyclic) bond motifs is 1. The van der Waals surface area contributed by atoms with Crippen LogP contribution in [0.3, 0.4) is 0 Å². The highest BCUT2D eigenvalue weighted by Gasteiger charge is 2.44. The van der Waals surface area contributed by atoms with Crippen LogP contribution in [0.2, 0.25) is 0 Å². The van der Waals surface area contributed by atoms with Crippen LogP contribution in [-0.2, 0) is 4.79 Å². The summed E-state index contributed by atoms with van der Waals surface area (Å²) in [6.45, 7) is 1.37. The van der Waals surface area contributed by atoms with Crippen molar-refractivity contribution in [2.45, 2.75) is 25.8 Å². The largest absolute Gasteiger partial charge is 0.368 e. The number of carbonyl (C=O) groups excluding carboxylic acids is 3. The van der Waals surface area contributed by atoms with Gasteiger partial charge in [0.1, 0.15) is 6.04 Å². The van der Waals surface area contributed by atoms with E-state index in [1.807, 2.05) is 0 Å². The lowest BCUT2D eigenvalue weighted by Gasteiger charge is -2.28. The zero-order valence-corrected chi connectivity index (χ0v) is 11.3. The molecule has 0 bridgehead atoms. The van der Waals surface area contributed by atoms with Gasteiger partial charge in [0, 0.05) is 6.42 Å². The summed E-state index contributed by atoms with van der Waals surface area (Å²) in [5.74, 6) is -3.26. The summed E-state index contributed by atoms with van der Waals surface area (Å²) in [6, 6.07) is 4.67. The van der Waals surface area contributed by atoms with E-state index < -0.39 is 42.5 Å². The molecule has 1 aliphatic heterocycles. The highest BCUT2D eigenvalue weighted by atomic mass is 19.3. The third-order valence-corrected chi connectivity index (χ3v) is 3.48. The first-order valence-corrected chi connectivity index (χ1v) is 6.39. The Hall–Kier alpha value is -2.31. The number of imide groups is 1. The molecular formula is C14H14F2N2O3. The predicted molar refractivity (Wildman–Crippen MR) is 69.7 cm³/mol. The fourth-order valence-electron chi connectivity index (χ4n) is 2.53. The Bertz CT molecular complexity index is 569. The van der Waals surface area contributed by atoms with E-state index in [0.29, 0.717) is 4.90 Å². The number of rotatable bonds is 5.